The Morgan fingerprint density at radius 3 is 2.24 bits per heavy atom. The molecule has 0 fully saturated rings. The predicted octanol–water partition coefficient (Wildman–Crippen LogP) is 1.53. The highest BCUT2D eigenvalue weighted by Crippen LogP contribution is 2.10. The summed E-state index contributed by atoms with van der Waals surface area (Å²) < 4.78 is 5.12. The molecule has 0 saturated carbocycles. The molecule has 0 N–H and O–H groups in total. The van der Waals surface area contributed by atoms with E-state index in [1.54, 1.807) is 6.92 Å². The lowest BCUT2D eigenvalue weighted by atomic mass is 10.1. The topological polar surface area (TPSA) is 131 Å². The van der Waals surface area contributed by atoms with Gasteiger partial charge in [-0.05, 0) is 25.7 Å². The second-order valence-electron chi connectivity index (χ2n) is 4.80. The van der Waals surface area contributed by atoms with Crippen LogP contribution in [0.1, 0.15) is 40.0 Å². The molecule has 21 heavy (non-hydrogen) atoms. The summed E-state index contributed by atoms with van der Waals surface area (Å²) in [6, 6.07) is 0. The standard InChI is InChI=1S/C11H20N2O8/c1-8(2)9(3)20-11(14)6-4-5-10(21-13(17)18)7-19-12(15)16/h8-10H,4-7H2,1-3H3/t9?,10-/m0/s1. The van der Waals surface area contributed by atoms with Crippen LogP contribution in [0.3, 0.4) is 0 Å². The van der Waals surface area contributed by atoms with E-state index in [0.717, 1.165) is 0 Å². The van der Waals surface area contributed by atoms with Gasteiger partial charge in [0.1, 0.15) is 18.8 Å². The van der Waals surface area contributed by atoms with Crippen molar-refractivity contribution in [2.24, 2.45) is 5.92 Å². The first-order valence-corrected chi connectivity index (χ1v) is 6.50. The Hall–Kier alpha value is -2.13. The average Bonchev–Trinajstić information content (AvgIpc) is 2.34. The van der Waals surface area contributed by atoms with Crippen molar-refractivity contribution in [3.8, 4) is 0 Å². The Morgan fingerprint density at radius 1 is 1.14 bits per heavy atom. The predicted molar refractivity (Wildman–Crippen MR) is 69.1 cm³/mol. The highest BCUT2D eigenvalue weighted by molar-refractivity contribution is 5.69. The van der Waals surface area contributed by atoms with Gasteiger partial charge in [-0.2, -0.15) is 0 Å². The van der Waals surface area contributed by atoms with Crippen LogP contribution in [-0.2, 0) is 19.2 Å². The fourth-order valence-electron chi connectivity index (χ4n) is 1.31. The maximum atomic E-state index is 11.5. The lowest BCUT2D eigenvalue weighted by molar-refractivity contribution is -0.790. The van der Waals surface area contributed by atoms with Crippen molar-refractivity contribution in [2.75, 3.05) is 6.61 Å². The van der Waals surface area contributed by atoms with Gasteiger partial charge in [-0.15, -0.1) is 20.2 Å². The van der Waals surface area contributed by atoms with Gasteiger partial charge in [-0.1, -0.05) is 13.8 Å². The van der Waals surface area contributed by atoms with Crippen LogP contribution in [-0.4, -0.2) is 35.0 Å². The van der Waals surface area contributed by atoms with Gasteiger partial charge in [-0.25, -0.2) is 0 Å². The number of hydrogen-bond donors (Lipinski definition) is 0. The zero-order valence-corrected chi connectivity index (χ0v) is 12.2. The Kier molecular flexibility index (Phi) is 8.74. The Morgan fingerprint density at radius 2 is 1.76 bits per heavy atom. The molecule has 0 amide bonds. The average molecular weight is 308 g/mol. The van der Waals surface area contributed by atoms with Gasteiger partial charge >= 0.3 is 5.97 Å². The van der Waals surface area contributed by atoms with Crippen molar-refractivity contribution in [1.82, 2.24) is 0 Å². The summed E-state index contributed by atoms with van der Waals surface area (Å²) in [4.78, 5) is 40.0. The van der Waals surface area contributed by atoms with Gasteiger partial charge in [0.25, 0.3) is 10.2 Å². The molecule has 10 heteroatoms. The van der Waals surface area contributed by atoms with Gasteiger partial charge < -0.3 is 14.4 Å². The lowest BCUT2D eigenvalue weighted by Crippen LogP contribution is -2.25. The first-order chi connectivity index (χ1) is 9.72. The molecule has 0 radical (unpaired) electrons. The van der Waals surface area contributed by atoms with E-state index in [1.807, 2.05) is 13.8 Å². The summed E-state index contributed by atoms with van der Waals surface area (Å²) in [5.41, 5.74) is 0. The van der Waals surface area contributed by atoms with Crippen LogP contribution in [0, 0.1) is 26.1 Å². The van der Waals surface area contributed by atoms with E-state index in [4.69, 9.17) is 4.74 Å². The molecule has 0 aliphatic rings. The summed E-state index contributed by atoms with van der Waals surface area (Å²) in [7, 11) is 0. The van der Waals surface area contributed by atoms with E-state index >= 15 is 0 Å². The van der Waals surface area contributed by atoms with Crippen molar-refractivity contribution in [3.63, 3.8) is 0 Å². The third-order valence-electron chi connectivity index (χ3n) is 2.76. The minimum absolute atomic E-state index is 0.0487. The molecule has 0 aliphatic carbocycles. The fourth-order valence-corrected chi connectivity index (χ4v) is 1.31. The van der Waals surface area contributed by atoms with Crippen LogP contribution < -0.4 is 0 Å². The number of carbonyl (C=O) groups is 1. The molecule has 0 aromatic rings. The van der Waals surface area contributed by atoms with Crippen LogP contribution >= 0.6 is 0 Å². The first-order valence-electron chi connectivity index (χ1n) is 6.50. The molecule has 0 aromatic carbocycles. The summed E-state index contributed by atoms with van der Waals surface area (Å²) in [5.74, 6) is -0.237. The number of ether oxygens (including phenoxy) is 1. The maximum Gasteiger partial charge on any atom is 0.306 e. The third kappa shape index (κ3) is 10.3. The second kappa shape index (κ2) is 9.72. The highest BCUT2D eigenvalue weighted by atomic mass is 17.0. The zero-order valence-electron chi connectivity index (χ0n) is 12.2. The molecule has 10 nitrogen and oxygen atoms in total. The van der Waals surface area contributed by atoms with Crippen molar-refractivity contribution in [2.45, 2.75) is 52.2 Å². The molecule has 122 valence electrons. The largest absolute Gasteiger partial charge is 0.462 e. The third-order valence-corrected chi connectivity index (χ3v) is 2.76. The van der Waals surface area contributed by atoms with E-state index in [1.165, 1.54) is 0 Å². The van der Waals surface area contributed by atoms with E-state index in [9.17, 15) is 25.0 Å². The van der Waals surface area contributed by atoms with Gasteiger partial charge in [0.05, 0.1) is 0 Å². The lowest BCUT2D eigenvalue weighted by Gasteiger charge is -2.17. The Labute approximate surface area is 121 Å². The Bertz CT molecular complexity index is 360. The number of esters is 1. The van der Waals surface area contributed by atoms with E-state index in [2.05, 4.69) is 9.68 Å². The van der Waals surface area contributed by atoms with Gasteiger partial charge in [0, 0.05) is 6.42 Å². The first kappa shape index (κ1) is 18.9. The number of nitrogens with zero attached hydrogens (tertiary/aromatic N) is 2. The van der Waals surface area contributed by atoms with Crippen LogP contribution in [0.2, 0.25) is 0 Å². The second-order valence-corrected chi connectivity index (χ2v) is 4.80. The van der Waals surface area contributed by atoms with Crippen LogP contribution in [0.4, 0.5) is 0 Å². The highest BCUT2D eigenvalue weighted by Gasteiger charge is 2.17. The maximum absolute atomic E-state index is 11.5. The molecular formula is C11H20N2O8. The fraction of sp³-hybridized carbons (Fsp3) is 0.909. The molecule has 1 unspecified atom stereocenters. The van der Waals surface area contributed by atoms with Crippen LogP contribution in [0.5, 0.6) is 0 Å². The molecule has 0 spiro atoms. The number of hydrogen-bond acceptors (Lipinski definition) is 8. The molecule has 0 heterocycles. The molecule has 0 aromatic heterocycles. The summed E-state index contributed by atoms with van der Waals surface area (Å²) in [6.45, 7) is 5.03. The molecule has 0 saturated heterocycles. The molecule has 2 atom stereocenters. The molecular weight excluding hydrogens is 288 g/mol. The minimum Gasteiger partial charge on any atom is -0.462 e. The minimum atomic E-state index is -1.10. The summed E-state index contributed by atoms with van der Waals surface area (Å²) >= 11 is 0. The number of rotatable bonds is 11. The van der Waals surface area contributed by atoms with E-state index in [-0.39, 0.29) is 31.3 Å². The monoisotopic (exact) mass is 308 g/mol. The van der Waals surface area contributed by atoms with Crippen molar-refractivity contribution < 1.29 is 29.4 Å². The summed E-state index contributed by atoms with van der Waals surface area (Å²) in [5, 5.41) is 18.2. The van der Waals surface area contributed by atoms with Gasteiger partial charge in [0.15, 0.2) is 0 Å². The van der Waals surface area contributed by atoms with Gasteiger partial charge in [-0.3, -0.25) is 4.79 Å². The Balaban J connectivity index is 4.08. The van der Waals surface area contributed by atoms with Crippen molar-refractivity contribution in [1.29, 1.82) is 0 Å². The van der Waals surface area contributed by atoms with E-state index < -0.39 is 28.9 Å². The smallest absolute Gasteiger partial charge is 0.306 e. The van der Waals surface area contributed by atoms with Crippen molar-refractivity contribution >= 4 is 5.97 Å². The molecule has 0 aliphatic heterocycles. The number of carbonyl (C=O) groups excluding carboxylic acids is 1. The SMILES string of the molecule is CC(C)C(C)OC(=O)CCC[C@@H](CO[N+](=O)[O-])O[N+](=O)[O-]. The van der Waals surface area contributed by atoms with Gasteiger partial charge in [0.2, 0.25) is 0 Å². The van der Waals surface area contributed by atoms with Crippen LogP contribution in [0.15, 0.2) is 0 Å². The van der Waals surface area contributed by atoms with Crippen molar-refractivity contribution in [3.05, 3.63) is 20.2 Å². The quantitative estimate of drug-likeness (QED) is 0.319. The summed E-state index contributed by atoms with van der Waals surface area (Å²) in [6.07, 6.45) is -0.960. The van der Waals surface area contributed by atoms with Crippen LogP contribution in [0.25, 0.3) is 0 Å². The zero-order chi connectivity index (χ0) is 16.4. The molecule has 0 rings (SSSR count). The molecule has 0 bridgehead atoms. The van der Waals surface area contributed by atoms with E-state index in [0.29, 0.717) is 0 Å². The normalized spacial score (nSPS) is 13.3.